The highest BCUT2D eigenvalue weighted by Gasteiger charge is 2.13. The van der Waals surface area contributed by atoms with Gasteiger partial charge in [-0.3, -0.25) is 9.59 Å². The van der Waals surface area contributed by atoms with Gasteiger partial charge >= 0.3 is 0 Å². The predicted octanol–water partition coefficient (Wildman–Crippen LogP) is 2.10. The standard InChI is InChI=1S/C19H14FN3O2/c1-2-11-23-19(25)14-8-4-3-7-13(14)17(22-23)12-21-18(24)15-9-5-6-10-16(15)20/h1,3-10H,11-12H2,(H,21,24). The number of aromatic nitrogens is 2. The lowest BCUT2D eigenvalue weighted by molar-refractivity contribution is 0.0946. The molecule has 0 aliphatic carbocycles. The van der Waals surface area contributed by atoms with Gasteiger partial charge < -0.3 is 5.32 Å². The van der Waals surface area contributed by atoms with Gasteiger partial charge in [-0.25, -0.2) is 9.07 Å². The van der Waals surface area contributed by atoms with E-state index in [2.05, 4.69) is 16.3 Å². The van der Waals surface area contributed by atoms with Crippen LogP contribution in [0.2, 0.25) is 0 Å². The zero-order valence-electron chi connectivity index (χ0n) is 13.2. The maximum absolute atomic E-state index is 13.7. The Morgan fingerprint density at radius 3 is 2.56 bits per heavy atom. The van der Waals surface area contributed by atoms with Crippen LogP contribution in [0.5, 0.6) is 0 Å². The topological polar surface area (TPSA) is 64.0 Å². The molecule has 1 amide bonds. The van der Waals surface area contributed by atoms with Gasteiger partial charge in [0.05, 0.1) is 23.2 Å². The smallest absolute Gasteiger partial charge is 0.275 e. The molecule has 124 valence electrons. The van der Waals surface area contributed by atoms with Gasteiger partial charge in [-0.2, -0.15) is 5.10 Å². The molecule has 0 spiro atoms. The maximum atomic E-state index is 13.7. The first kappa shape index (κ1) is 16.4. The Morgan fingerprint density at radius 2 is 1.84 bits per heavy atom. The highest BCUT2D eigenvalue weighted by atomic mass is 19.1. The van der Waals surface area contributed by atoms with E-state index in [0.29, 0.717) is 16.5 Å². The lowest BCUT2D eigenvalue weighted by Crippen LogP contribution is -2.28. The molecular formula is C19H14FN3O2. The third kappa shape index (κ3) is 3.26. The molecule has 0 aliphatic rings. The Hall–Kier alpha value is -3.46. The third-order valence-electron chi connectivity index (χ3n) is 3.72. The fourth-order valence-electron chi connectivity index (χ4n) is 2.53. The largest absolute Gasteiger partial charge is 0.346 e. The molecule has 5 nitrogen and oxygen atoms in total. The van der Waals surface area contributed by atoms with Crippen molar-refractivity contribution in [3.05, 3.63) is 76.0 Å². The SMILES string of the molecule is C#CCn1nc(CNC(=O)c2ccccc2F)c2ccccc2c1=O. The Balaban J connectivity index is 1.95. The zero-order valence-corrected chi connectivity index (χ0v) is 13.2. The van der Waals surface area contributed by atoms with Gasteiger partial charge in [-0.15, -0.1) is 6.42 Å². The van der Waals surface area contributed by atoms with Gasteiger partial charge in [0.1, 0.15) is 12.4 Å². The molecule has 0 saturated carbocycles. The average Bonchev–Trinajstić information content (AvgIpc) is 2.63. The second-order valence-electron chi connectivity index (χ2n) is 5.32. The van der Waals surface area contributed by atoms with Crippen molar-refractivity contribution in [2.45, 2.75) is 13.1 Å². The summed E-state index contributed by atoms with van der Waals surface area (Å²) in [4.78, 5) is 24.5. The first-order valence-corrected chi connectivity index (χ1v) is 7.56. The summed E-state index contributed by atoms with van der Waals surface area (Å²) >= 11 is 0. The lowest BCUT2D eigenvalue weighted by Gasteiger charge is -2.10. The van der Waals surface area contributed by atoms with Gasteiger partial charge in [-0.05, 0) is 18.2 Å². The van der Waals surface area contributed by atoms with E-state index in [4.69, 9.17) is 6.42 Å². The molecule has 6 heteroatoms. The van der Waals surface area contributed by atoms with Gasteiger partial charge in [0, 0.05) is 5.39 Å². The summed E-state index contributed by atoms with van der Waals surface area (Å²) in [6, 6.07) is 12.6. The lowest BCUT2D eigenvalue weighted by atomic mass is 10.1. The summed E-state index contributed by atoms with van der Waals surface area (Å²) in [5, 5.41) is 7.94. The summed E-state index contributed by atoms with van der Waals surface area (Å²) in [7, 11) is 0. The molecule has 0 bridgehead atoms. The fraction of sp³-hybridized carbons (Fsp3) is 0.105. The van der Waals surface area contributed by atoms with Crippen molar-refractivity contribution in [3.8, 4) is 12.3 Å². The molecule has 0 saturated heterocycles. The van der Waals surface area contributed by atoms with Crippen molar-refractivity contribution in [2.24, 2.45) is 0 Å². The normalized spacial score (nSPS) is 10.4. The van der Waals surface area contributed by atoms with Crippen molar-refractivity contribution in [3.63, 3.8) is 0 Å². The van der Waals surface area contributed by atoms with Gasteiger partial charge in [0.25, 0.3) is 11.5 Å². The number of carbonyl (C=O) groups is 1. The first-order valence-electron chi connectivity index (χ1n) is 7.56. The van der Waals surface area contributed by atoms with E-state index in [1.165, 1.54) is 22.9 Å². The molecular weight excluding hydrogens is 321 g/mol. The van der Waals surface area contributed by atoms with Crippen LogP contribution >= 0.6 is 0 Å². The molecule has 3 rings (SSSR count). The molecule has 1 aromatic heterocycles. The second kappa shape index (κ2) is 6.97. The predicted molar refractivity (Wildman–Crippen MR) is 92.4 cm³/mol. The molecule has 1 heterocycles. The Bertz CT molecular complexity index is 1050. The van der Waals surface area contributed by atoms with E-state index in [9.17, 15) is 14.0 Å². The molecule has 0 radical (unpaired) electrons. The van der Waals surface area contributed by atoms with Crippen LogP contribution in [0.25, 0.3) is 10.8 Å². The van der Waals surface area contributed by atoms with Crippen LogP contribution in [0.4, 0.5) is 4.39 Å². The summed E-state index contributed by atoms with van der Waals surface area (Å²) in [5.41, 5.74) is 0.136. The molecule has 3 aromatic rings. The summed E-state index contributed by atoms with van der Waals surface area (Å²) in [6.45, 7) is 0.0659. The highest BCUT2D eigenvalue weighted by molar-refractivity contribution is 5.94. The zero-order chi connectivity index (χ0) is 17.8. The Morgan fingerprint density at radius 1 is 1.16 bits per heavy atom. The maximum Gasteiger partial charge on any atom is 0.275 e. The number of carbonyl (C=O) groups excluding carboxylic acids is 1. The molecule has 0 unspecified atom stereocenters. The van der Waals surface area contributed by atoms with Crippen LogP contribution < -0.4 is 10.9 Å². The number of fused-ring (bicyclic) bond motifs is 1. The van der Waals surface area contributed by atoms with Crippen LogP contribution in [0.1, 0.15) is 16.1 Å². The molecule has 0 aliphatic heterocycles. The van der Waals surface area contributed by atoms with Crippen LogP contribution in [0.15, 0.2) is 53.3 Å². The number of benzene rings is 2. The number of nitrogens with zero attached hydrogens (tertiary/aromatic N) is 2. The summed E-state index contributed by atoms with van der Waals surface area (Å²) < 4.78 is 14.9. The van der Waals surface area contributed by atoms with E-state index >= 15 is 0 Å². The number of hydrogen-bond acceptors (Lipinski definition) is 3. The Kier molecular flexibility index (Phi) is 4.57. The van der Waals surface area contributed by atoms with Crippen LogP contribution in [0, 0.1) is 18.2 Å². The number of hydrogen-bond donors (Lipinski definition) is 1. The summed E-state index contributed by atoms with van der Waals surface area (Å²) in [5.74, 6) is 1.22. The molecule has 1 N–H and O–H groups in total. The molecule has 0 atom stereocenters. The molecule has 2 aromatic carbocycles. The minimum atomic E-state index is -0.602. The Labute approximate surface area is 143 Å². The van der Waals surface area contributed by atoms with E-state index in [1.54, 1.807) is 30.3 Å². The number of rotatable bonds is 4. The van der Waals surface area contributed by atoms with Crippen molar-refractivity contribution in [1.82, 2.24) is 15.1 Å². The van der Waals surface area contributed by atoms with Crippen LogP contribution in [-0.2, 0) is 13.1 Å². The number of halogens is 1. The van der Waals surface area contributed by atoms with E-state index < -0.39 is 11.7 Å². The number of amides is 1. The second-order valence-corrected chi connectivity index (χ2v) is 5.32. The van der Waals surface area contributed by atoms with Crippen LogP contribution in [-0.4, -0.2) is 15.7 Å². The van der Waals surface area contributed by atoms with Gasteiger partial charge in [0.15, 0.2) is 0 Å². The van der Waals surface area contributed by atoms with Crippen molar-refractivity contribution >= 4 is 16.7 Å². The van der Waals surface area contributed by atoms with Crippen molar-refractivity contribution in [2.75, 3.05) is 0 Å². The number of nitrogens with one attached hydrogen (secondary N) is 1. The van der Waals surface area contributed by atoms with E-state index in [-0.39, 0.29) is 24.2 Å². The molecule has 0 fully saturated rings. The van der Waals surface area contributed by atoms with Crippen molar-refractivity contribution in [1.29, 1.82) is 0 Å². The monoisotopic (exact) mass is 335 g/mol. The highest BCUT2D eigenvalue weighted by Crippen LogP contribution is 2.13. The summed E-state index contributed by atoms with van der Waals surface area (Å²) in [6.07, 6.45) is 5.28. The van der Waals surface area contributed by atoms with Crippen molar-refractivity contribution < 1.29 is 9.18 Å². The minimum absolute atomic E-state index is 0.0257. The number of terminal acetylenes is 1. The van der Waals surface area contributed by atoms with Gasteiger partial charge in [0.2, 0.25) is 0 Å². The third-order valence-corrected chi connectivity index (χ3v) is 3.72. The molecule has 25 heavy (non-hydrogen) atoms. The quantitative estimate of drug-likeness (QED) is 0.743. The fourth-order valence-corrected chi connectivity index (χ4v) is 2.53. The van der Waals surface area contributed by atoms with Gasteiger partial charge in [-0.1, -0.05) is 36.3 Å². The average molecular weight is 335 g/mol. The van der Waals surface area contributed by atoms with E-state index in [0.717, 1.165) is 0 Å². The minimum Gasteiger partial charge on any atom is -0.346 e. The first-order chi connectivity index (χ1) is 12.1. The van der Waals surface area contributed by atoms with Crippen LogP contribution in [0.3, 0.4) is 0 Å². The van der Waals surface area contributed by atoms with E-state index in [1.807, 2.05) is 0 Å².